The number of aromatic nitrogens is 1. The molecule has 0 fully saturated rings. The van der Waals surface area contributed by atoms with Gasteiger partial charge in [-0.25, -0.2) is 0 Å². The summed E-state index contributed by atoms with van der Waals surface area (Å²) in [6, 6.07) is 5.80. The molecular formula is C11H15NO. The second-order valence-corrected chi connectivity index (χ2v) is 3.24. The standard InChI is InChI=1S/C11H15NO/c1-3-10(9(2)13)8-11-6-4-5-7-12-11/h4-7,10H,3,8H2,1-2H3. The van der Waals surface area contributed by atoms with Crippen LogP contribution in [0, 0.1) is 5.92 Å². The highest BCUT2D eigenvalue weighted by Gasteiger charge is 2.12. The molecule has 70 valence electrons. The minimum atomic E-state index is 0.134. The monoisotopic (exact) mass is 177 g/mol. The molecule has 0 saturated carbocycles. The van der Waals surface area contributed by atoms with Crippen molar-refractivity contribution < 1.29 is 4.79 Å². The molecule has 0 radical (unpaired) electrons. The molecule has 1 rings (SSSR count). The van der Waals surface area contributed by atoms with Crippen LogP contribution in [0.3, 0.4) is 0 Å². The Morgan fingerprint density at radius 1 is 1.54 bits per heavy atom. The molecule has 0 N–H and O–H groups in total. The molecule has 1 atom stereocenters. The average molecular weight is 177 g/mol. The van der Waals surface area contributed by atoms with Crippen LogP contribution in [0.5, 0.6) is 0 Å². The van der Waals surface area contributed by atoms with Gasteiger partial charge in [0.2, 0.25) is 0 Å². The number of carbonyl (C=O) groups excluding carboxylic acids is 1. The summed E-state index contributed by atoms with van der Waals surface area (Å²) in [7, 11) is 0. The maximum atomic E-state index is 11.2. The number of pyridine rings is 1. The molecule has 0 aromatic carbocycles. The largest absolute Gasteiger partial charge is 0.300 e. The van der Waals surface area contributed by atoms with Gasteiger partial charge in [0.05, 0.1) is 0 Å². The molecule has 0 bridgehead atoms. The highest BCUT2D eigenvalue weighted by atomic mass is 16.1. The maximum Gasteiger partial charge on any atom is 0.133 e. The Morgan fingerprint density at radius 3 is 2.77 bits per heavy atom. The third kappa shape index (κ3) is 2.98. The summed E-state index contributed by atoms with van der Waals surface area (Å²) >= 11 is 0. The van der Waals surface area contributed by atoms with Gasteiger partial charge in [-0.2, -0.15) is 0 Å². The Kier molecular flexibility index (Phi) is 3.62. The third-order valence-electron chi connectivity index (χ3n) is 2.25. The summed E-state index contributed by atoms with van der Waals surface area (Å²) in [5.41, 5.74) is 1.00. The van der Waals surface area contributed by atoms with Gasteiger partial charge in [-0.1, -0.05) is 13.0 Å². The Labute approximate surface area is 79.0 Å². The molecule has 1 heterocycles. The summed E-state index contributed by atoms with van der Waals surface area (Å²) in [5, 5.41) is 0. The summed E-state index contributed by atoms with van der Waals surface area (Å²) < 4.78 is 0. The van der Waals surface area contributed by atoms with E-state index in [9.17, 15) is 4.79 Å². The van der Waals surface area contributed by atoms with Crippen LogP contribution in [0.15, 0.2) is 24.4 Å². The van der Waals surface area contributed by atoms with E-state index in [-0.39, 0.29) is 11.7 Å². The van der Waals surface area contributed by atoms with Crippen LogP contribution in [0.25, 0.3) is 0 Å². The van der Waals surface area contributed by atoms with Crippen molar-refractivity contribution in [2.45, 2.75) is 26.7 Å². The zero-order chi connectivity index (χ0) is 9.68. The smallest absolute Gasteiger partial charge is 0.133 e. The quantitative estimate of drug-likeness (QED) is 0.706. The van der Waals surface area contributed by atoms with Gasteiger partial charge in [-0.15, -0.1) is 0 Å². The van der Waals surface area contributed by atoms with Crippen molar-refractivity contribution in [3.8, 4) is 0 Å². The fourth-order valence-electron chi connectivity index (χ4n) is 1.35. The van der Waals surface area contributed by atoms with E-state index >= 15 is 0 Å². The summed E-state index contributed by atoms with van der Waals surface area (Å²) in [6.07, 6.45) is 3.43. The predicted octanol–water partition coefficient (Wildman–Crippen LogP) is 2.24. The minimum absolute atomic E-state index is 0.134. The van der Waals surface area contributed by atoms with Crippen molar-refractivity contribution in [3.05, 3.63) is 30.1 Å². The van der Waals surface area contributed by atoms with Crippen molar-refractivity contribution in [2.75, 3.05) is 0 Å². The van der Waals surface area contributed by atoms with E-state index in [1.807, 2.05) is 25.1 Å². The molecule has 0 saturated heterocycles. The molecule has 2 heteroatoms. The number of hydrogen-bond donors (Lipinski definition) is 0. The van der Waals surface area contributed by atoms with Crippen LogP contribution >= 0.6 is 0 Å². The van der Waals surface area contributed by atoms with Crippen LogP contribution in [0.4, 0.5) is 0 Å². The van der Waals surface area contributed by atoms with Crippen LogP contribution in [0.1, 0.15) is 26.0 Å². The lowest BCUT2D eigenvalue weighted by Gasteiger charge is -2.09. The molecule has 0 amide bonds. The molecule has 0 aliphatic heterocycles. The molecule has 1 aromatic heterocycles. The lowest BCUT2D eigenvalue weighted by atomic mass is 9.96. The average Bonchev–Trinajstić information content (AvgIpc) is 2.15. The van der Waals surface area contributed by atoms with Gasteiger partial charge in [-0.3, -0.25) is 9.78 Å². The highest BCUT2D eigenvalue weighted by molar-refractivity contribution is 5.78. The number of ketones is 1. The molecule has 1 unspecified atom stereocenters. The number of carbonyl (C=O) groups is 1. The number of hydrogen-bond acceptors (Lipinski definition) is 2. The zero-order valence-corrected chi connectivity index (χ0v) is 8.16. The van der Waals surface area contributed by atoms with Gasteiger partial charge in [0.15, 0.2) is 0 Å². The van der Waals surface area contributed by atoms with E-state index < -0.39 is 0 Å². The fourth-order valence-corrected chi connectivity index (χ4v) is 1.35. The van der Waals surface area contributed by atoms with Crippen molar-refractivity contribution in [3.63, 3.8) is 0 Å². The van der Waals surface area contributed by atoms with Crippen LogP contribution in [-0.2, 0) is 11.2 Å². The normalized spacial score (nSPS) is 12.5. The van der Waals surface area contributed by atoms with E-state index in [4.69, 9.17) is 0 Å². The Morgan fingerprint density at radius 2 is 2.31 bits per heavy atom. The molecule has 1 aromatic rings. The first-order valence-electron chi connectivity index (χ1n) is 4.64. The second-order valence-electron chi connectivity index (χ2n) is 3.24. The van der Waals surface area contributed by atoms with E-state index in [2.05, 4.69) is 4.98 Å². The second kappa shape index (κ2) is 4.75. The first-order valence-corrected chi connectivity index (χ1v) is 4.64. The topological polar surface area (TPSA) is 30.0 Å². The van der Waals surface area contributed by atoms with Crippen molar-refractivity contribution in [2.24, 2.45) is 5.92 Å². The summed E-state index contributed by atoms with van der Waals surface area (Å²) in [6.45, 7) is 3.69. The molecule has 2 nitrogen and oxygen atoms in total. The van der Waals surface area contributed by atoms with E-state index in [1.54, 1.807) is 13.1 Å². The van der Waals surface area contributed by atoms with Gasteiger partial charge in [0.25, 0.3) is 0 Å². The van der Waals surface area contributed by atoms with E-state index in [0.717, 1.165) is 18.5 Å². The minimum Gasteiger partial charge on any atom is -0.300 e. The number of rotatable bonds is 4. The maximum absolute atomic E-state index is 11.2. The SMILES string of the molecule is CCC(Cc1ccccn1)C(C)=O. The first-order chi connectivity index (χ1) is 6.24. The summed E-state index contributed by atoms with van der Waals surface area (Å²) in [5.74, 6) is 0.392. The molecule has 13 heavy (non-hydrogen) atoms. The van der Waals surface area contributed by atoms with E-state index in [1.165, 1.54) is 0 Å². The van der Waals surface area contributed by atoms with Gasteiger partial charge in [0.1, 0.15) is 5.78 Å². The van der Waals surface area contributed by atoms with Gasteiger partial charge < -0.3 is 0 Å². The highest BCUT2D eigenvalue weighted by Crippen LogP contribution is 2.10. The Bertz CT molecular complexity index is 269. The molecule has 0 aliphatic rings. The molecule has 0 spiro atoms. The first kappa shape index (κ1) is 9.90. The lowest BCUT2D eigenvalue weighted by Crippen LogP contribution is -2.13. The Hall–Kier alpha value is -1.18. The van der Waals surface area contributed by atoms with E-state index in [0.29, 0.717) is 0 Å². The van der Waals surface area contributed by atoms with Crippen LogP contribution < -0.4 is 0 Å². The van der Waals surface area contributed by atoms with Crippen molar-refractivity contribution in [1.29, 1.82) is 0 Å². The van der Waals surface area contributed by atoms with Gasteiger partial charge >= 0.3 is 0 Å². The van der Waals surface area contributed by atoms with Gasteiger partial charge in [-0.05, 0) is 31.9 Å². The van der Waals surface area contributed by atoms with Crippen molar-refractivity contribution in [1.82, 2.24) is 4.98 Å². The van der Waals surface area contributed by atoms with Crippen LogP contribution in [-0.4, -0.2) is 10.8 Å². The third-order valence-corrected chi connectivity index (χ3v) is 2.25. The lowest BCUT2D eigenvalue weighted by molar-refractivity contribution is -0.120. The predicted molar refractivity (Wildman–Crippen MR) is 52.4 cm³/mol. The molecular weight excluding hydrogens is 162 g/mol. The van der Waals surface area contributed by atoms with Crippen LogP contribution in [0.2, 0.25) is 0 Å². The number of Topliss-reactive ketones (excluding diaryl/α,β-unsaturated/α-hetero) is 1. The number of nitrogens with zero attached hydrogens (tertiary/aromatic N) is 1. The fraction of sp³-hybridized carbons (Fsp3) is 0.455. The molecule has 0 aliphatic carbocycles. The van der Waals surface area contributed by atoms with Gasteiger partial charge in [0, 0.05) is 17.8 Å². The zero-order valence-electron chi connectivity index (χ0n) is 8.16. The van der Waals surface area contributed by atoms with Crippen molar-refractivity contribution >= 4 is 5.78 Å². The summed E-state index contributed by atoms with van der Waals surface area (Å²) in [4.78, 5) is 15.3. The Balaban J connectivity index is 2.62.